The first-order chi connectivity index (χ1) is 8.31. The van der Waals surface area contributed by atoms with E-state index in [1.807, 2.05) is 13.8 Å². The molecule has 0 radical (unpaired) electrons. The lowest BCUT2D eigenvalue weighted by atomic mass is 9.76. The van der Waals surface area contributed by atoms with Gasteiger partial charge in [-0.2, -0.15) is 0 Å². The van der Waals surface area contributed by atoms with Gasteiger partial charge in [-0.15, -0.1) is 0 Å². The fraction of sp³-hybridized carbons (Fsp3) is 0.833. The van der Waals surface area contributed by atoms with E-state index in [0.717, 1.165) is 12.8 Å². The van der Waals surface area contributed by atoms with Crippen molar-refractivity contribution >= 4 is 11.8 Å². The summed E-state index contributed by atoms with van der Waals surface area (Å²) in [4.78, 5) is 25.1. The summed E-state index contributed by atoms with van der Waals surface area (Å²) >= 11 is 0. The third kappa shape index (κ3) is 1.63. The quantitative estimate of drug-likeness (QED) is 0.561. The molecule has 1 spiro atoms. The van der Waals surface area contributed by atoms with Gasteiger partial charge >= 0.3 is 0 Å². The SMILES string of the molecule is CC1CCC2(N1)C(=O)N(C(C(N)=O)C(C)O)C2C. The monoisotopic (exact) mass is 255 g/mol. The highest BCUT2D eigenvalue weighted by molar-refractivity contribution is 5.98. The number of nitrogens with one attached hydrogen (secondary N) is 1. The molecule has 2 aliphatic heterocycles. The van der Waals surface area contributed by atoms with Crippen LogP contribution in [-0.4, -0.2) is 51.6 Å². The maximum absolute atomic E-state index is 12.3. The number of nitrogens with zero attached hydrogens (tertiary/aromatic N) is 1. The smallest absolute Gasteiger partial charge is 0.246 e. The van der Waals surface area contributed by atoms with Crippen molar-refractivity contribution in [2.24, 2.45) is 5.73 Å². The Morgan fingerprint density at radius 2 is 2.22 bits per heavy atom. The lowest BCUT2D eigenvalue weighted by molar-refractivity contribution is -0.173. The number of β-lactam (4-membered cyclic amide) rings is 1. The van der Waals surface area contributed by atoms with Gasteiger partial charge in [0, 0.05) is 6.04 Å². The zero-order valence-electron chi connectivity index (χ0n) is 11.0. The predicted molar refractivity (Wildman–Crippen MR) is 65.5 cm³/mol. The number of carbonyl (C=O) groups is 2. The number of likely N-dealkylation sites (tertiary alicyclic amines) is 1. The summed E-state index contributed by atoms with van der Waals surface area (Å²) < 4.78 is 0. The van der Waals surface area contributed by atoms with E-state index < -0.39 is 23.6 Å². The molecule has 2 fully saturated rings. The van der Waals surface area contributed by atoms with E-state index in [9.17, 15) is 14.7 Å². The molecule has 6 nitrogen and oxygen atoms in total. The number of aliphatic hydroxyl groups excluding tert-OH is 1. The van der Waals surface area contributed by atoms with Crippen LogP contribution in [0.2, 0.25) is 0 Å². The van der Waals surface area contributed by atoms with E-state index in [1.54, 1.807) is 0 Å². The van der Waals surface area contributed by atoms with Gasteiger partial charge in [-0.25, -0.2) is 0 Å². The summed E-state index contributed by atoms with van der Waals surface area (Å²) in [6.45, 7) is 5.41. The van der Waals surface area contributed by atoms with Crippen molar-refractivity contribution in [2.75, 3.05) is 0 Å². The highest BCUT2D eigenvalue weighted by Crippen LogP contribution is 2.41. The number of carbonyl (C=O) groups excluding carboxylic acids is 2. The highest BCUT2D eigenvalue weighted by atomic mass is 16.3. The average molecular weight is 255 g/mol. The van der Waals surface area contributed by atoms with Crippen LogP contribution in [0, 0.1) is 0 Å². The molecule has 2 rings (SSSR count). The van der Waals surface area contributed by atoms with Crippen molar-refractivity contribution in [3.63, 3.8) is 0 Å². The molecule has 2 aliphatic rings. The van der Waals surface area contributed by atoms with E-state index in [2.05, 4.69) is 5.32 Å². The van der Waals surface area contributed by atoms with Crippen molar-refractivity contribution in [2.45, 2.75) is 63.4 Å². The summed E-state index contributed by atoms with van der Waals surface area (Å²) in [5, 5.41) is 12.9. The largest absolute Gasteiger partial charge is 0.391 e. The van der Waals surface area contributed by atoms with Crippen molar-refractivity contribution in [1.29, 1.82) is 0 Å². The predicted octanol–water partition coefficient (Wildman–Crippen LogP) is -1.04. The number of amides is 2. The van der Waals surface area contributed by atoms with Crippen molar-refractivity contribution in [3.05, 3.63) is 0 Å². The molecule has 2 amide bonds. The highest BCUT2D eigenvalue weighted by Gasteiger charge is 2.63. The Balaban J connectivity index is 2.20. The van der Waals surface area contributed by atoms with Gasteiger partial charge in [0.25, 0.3) is 0 Å². The molecule has 18 heavy (non-hydrogen) atoms. The molecular weight excluding hydrogens is 234 g/mol. The number of nitrogens with two attached hydrogens (primary N) is 1. The Morgan fingerprint density at radius 1 is 1.61 bits per heavy atom. The van der Waals surface area contributed by atoms with Crippen LogP contribution in [0.15, 0.2) is 0 Å². The van der Waals surface area contributed by atoms with Crippen molar-refractivity contribution in [1.82, 2.24) is 10.2 Å². The van der Waals surface area contributed by atoms with Crippen LogP contribution in [0.25, 0.3) is 0 Å². The Kier molecular flexibility index (Phi) is 3.11. The molecule has 5 atom stereocenters. The fourth-order valence-electron chi connectivity index (χ4n) is 3.26. The molecule has 4 N–H and O–H groups in total. The van der Waals surface area contributed by atoms with Crippen LogP contribution < -0.4 is 11.1 Å². The van der Waals surface area contributed by atoms with Crippen molar-refractivity contribution in [3.8, 4) is 0 Å². The van der Waals surface area contributed by atoms with E-state index >= 15 is 0 Å². The van der Waals surface area contributed by atoms with Gasteiger partial charge in [-0.1, -0.05) is 0 Å². The molecule has 0 bridgehead atoms. The van der Waals surface area contributed by atoms with Gasteiger partial charge < -0.3 is 15.7 Å². The first-order valence-corrected chi connectivity index (χ1v) is 6.39. The van der Waals surface area contributed by atoms with Gasteiger partial charge in [0.2, 0.25) is 11.8 Å². The second-order valence-corrected chi connectivity index (χ2v) is 5.53. The molecule has 6 heteroatoms. The molecular formula is C12H21N3O3. The van der Waals surface area contributed by atoms with E-state index in [4.69, 9.17) is 5.73 Å². The zero-order chi connectivity index (χ0) is 13.7. The van der Waals surface area contributed by atoms with Crippen LogP contribution in [0.5, 0.6) is 0 Å². The molecule has 0 saturated carbocycles. The fourth-order valence-corrected chi connectivity index (χ4v) is 3.26. The van der Waals surface area contributed by atoms with E-state index in [-0.39, 0.29) is 11.9 Å². The average Bonchev–Trinajstić information content (AvgIpc) is 2.68. The van der Waals surface area contributed by atoms with Gasteiger partial charge in [0.05, 0.1) is 12.1 Å². The van der Waals surface area contributed by atoms with Gasteiger partial charge in [0.15, 0.2) is 0 Å². The lowest BCUT2D eigenvalue weighted by Crippen LogP contribution is -2.81. The zero-order valence-corrected chi connectivity index (χ0v) is 11.0. The van der Waals surface area contributed by atoms with E-state index in [1.165, 1.54) is 11.8 Å². The number of aliphatic hydroxyl groups is 1. The molecule has 102 valence electrons. The number of hydrogen-bond acceptors (Lipinski definition) is 4. The van der Waals surface area contributed by atoms with Crippen LogP contribution in [0.1, 0.15) is 33.6 Å². The van der Waals surface area contributed by atoms with Crippen LogP contribution >= 0.6 is 0 Å². The molecule has 0 aromatic heterocycles. The van der Waals surface area contributed by atoms with Gasteiger partial charge in [-0.05, 0) is 33.6 Å². The molecule has 2 saturated heterocycles. The third-order valence-electron chi connectivity index (χ3n) is 4.27. The Labute approximate surface area is 107 Å². The molecule has 0 aromatic rings. The van der Waals surface area contributed by atoms with Gasteiger partial charge in [0.1, 0.15) is 11.6 Å². The topological polar surface area (TPSA) is 95.7 Å². The van der Waals surface area contributed by atoms with Crippen LogP contribution in [0.4, 0.5) is 0 Å². The lowest BCUT2D eigenvalue weighted by Gasteiger charge is -2.56. The summed E-state index contributed by atoms with van der Waals surface area (Å²) in [6.07, 6.45) is 0.764. The number of primary amides is 1. The minimum absolute atomic E-state index is 0.121. The third-order valence-corrected chi connectivity index (χ3v) is 4.27. The first kappa shape index (κ1) is 13.3. The Morgan fingerprint density at radius 3 is 2.56 bits per heavy atom. The first-order valence-electron chi connectivity index (χ1n) is 6.39. The Hall–Kier alpha value is -1.14. The maximum Gasteiger partial charge on any atom is 0.246 e. The van der Waals surface area contributed by atoms with Crippen LogP contribution in [-0.2, 0) is 9.59 Å². The molecule has 2 heterocycles. The summed E-state index contributed by atoms with van der Waals surface area (Å²) in [5.41, 5.74) is 4.72. The standard InChI is InChI=1S/C12H21N3O3/c1-6-4-5-12(14-6)8(3)15(11(12)18)9(7(2)16)10(13)17/h6-9,14,16H,4-5H2,1-3H3,(H2,13,17). The number of hydrogen-bond donors (Lipinski definition) is 3. The van der Waals surface area contributed by atoms with Gasteiger partial charge in [-0.3, -0.25) is 14.9 Å². The normalized spacial score (nSPS) is 38.7. The maximum atomic E-state index is 12.3. The minimum Gasteiger partial charge on any atom is -0.391 e. The Bertz CT molecular complexity index is 385. The second-order valence-electron chi connectivity index (χ2n) is 5.53. The minimum atomic E-state index is -0.954. The van der Waals surface area contributed by atoms with Crippen molar-refractivity contribution < 1.29 is 14.7 Å². The summed E-state index contributed by atoms with van der Waals surface area (Å²) in [6, 6.07) is -0.755. The second kappa shape index (κ2) is 4.20. The number of rotatable bonds is 3. The molecule has 0 aromatic carbocycles. The molecule has 5 unspecified atom stereocenters. The summed E-state index contributed by atoms with van der Waals surface area (Å²) in [5.74, 6) is -0.782. The summed E-state index contributed by atoms with van der Waals surface area (Å²) in [7, 11) is 0. The molecule has 0 aliphatic carbocycles. The van der Waals surface area contributed by atoms with E-state index in [0.29, 0.717) is 6.04 Å². The van der Waals surface area contributed by atoms with Crippen LogP contribution in [0.3, 0.4) is 0 Å².